The standard InChI is InChI=1S/C18H23NO/c1-12(2)16-11-17(13(3)10-18(16)20-5)14-6-8-15(19-4)9-7-14/h6-12,19H,1-5H3. The van der Waals surface area contributed by atoms with Gasteiger partial charge in [0, 0.05) is 12.7 Å². The lowest BCUT2D eigenvalue weighted by Gasteiger charge is -2.16. The number of anilines is 1. The van der Waals surface area contributed by atoms with Crippen molar-refractivity contribution in [2.45, 2.75) is 26.7 Å². The van der Waals surface area contributed by atoms with Crippen LogP contribution >= 0.6 is 0 Å². The Morgan fingerprint density at radius 3 is 2.20 bits per heavy atom. The summed E-state index contributed by atoms with van der Waals surface area (Å²) in [4.78, 5) is 0. The molecule has 0 saturated heterocycles. The Kier molecular flexibility index (Phi) is 4.33. The molecule has 0 aliphatic rings. The van der Waals surface area contributed by atoms with Crippen LogP contribution in [0.3, 0.4) is 0 Å². The first-order chi connectivity index (χ1) is 9.56. The van der Waals surface area contributed by atoms with Crippen molar-refractivity contribution < 1.29 is 4.74 Å². The molecule has 0 saturated carbocycles. The third-order valence-corrected chi connectivity index (χ3v) is 3.68. The number of nitrogens with one attached hydrogen (secondary N) is 1. The largest absolute Gasteiger partial charge is 0.496 e. The molecule has 2 nitrogen and oxygen atoms in total. The summed E-state index contributed by atoms with van der Waals surface area (Å²) in [7, 11) is 3.67. The number of benzene rings is 2. The van der Waals surface area contributed by atoms with Crippen LogP contribution in [0.4, 0.5) is 5.69 Å². The van der Waals surface area contributed by atoms with E-state index in [0.29, 0.717) is 5.92 Å². The minimum absolute atomic E-state index is 0.445. The zero-order valence-electron chi connectivity index (χ0n) is 12.9. The molecule has 0 bridgehead atoms. The number of methoxy groups -OCH3 is 1. The van der Waals surface area contributed by atoms with Gasteiger partial charge >= 0.3 is 0 Å². The van der Waals surface area contributed by atoms with Crippen molar-refractivity contribution in [2.24, 2.45) is 0 Å². The maximum Gasteiger partial charge on any atom is 0.122 e. The highest BCUT2D eigenvalue weighted by atomic mass is 16.5. The van der Waals surface area contributed by atoms with Gasteiger partial charge in [-0.15, -0.1) is 0 Å². The van der Waals surface area contributed by atoms with Crippen LogP contribution in [0.25, 0.3) is 11.1 Å². The first kappa shape index (κ1) is 14.4. The van der Waals surface area contributed by atoms with Crippen LogP contribution in [0, 0.1) is 6.92 Å². The van der Waals surface area contributed by atoms with Crippen LogP contribution in [0.1, 0.15) is 30.9 Å². The molecule has 1 N–H and O–H groups in total. The van der Waals surface area contributed by atoms with E-state index in [9.17, 15) is 0 Å². The second kappa shape index (κ2) is 6.00. The molecule has 0 radical (unpaired) electrons. The number of ether oxygens (including phenoxy) is 1. The Balaban J connectivity index is 2.52. The topological polar surface area (TPSA) is 21.3 Å². The van der Waals surface area contributed by atoms with Gasteiger partial charge in [0.2, 0.25) is 0 Å². The van der Waals surface area contributed by atoms with E-state index in [1.54, 1.807) is 7.11 Å². The van der Waals surface area contributed by atoms with Crippen LogP contribution in [0.2, 0.25) is 0 Å². The Morgan fingerprint density at radius 2 is 1.70 bits per heavy atom. The summed E-state index contributed by atoms with van der Waals surface area (Å²) in [6, 6.07) is 12.9. The van der Waals surface area contributed by atoms with Crippen molar-refractivity contribution in [2.75, 3.05) is 19.5 Å². The van der Waals surface area contributed by atoms with Gasteiger partial charge in [-0.05, 0) is 59.4 Å². The minimum Gasteiger partial charge on any atom is -0.496 e. The fourth-order valence-electron chi connectivity index (χ4n) is 2.45. The average Bonchev–Trinajstić information content (AvgIpc) is 2.46. The highest BCUT2D eigenvalue weighted by molar-refractivity contribution is 5.71. The van der Waals surface area contributed by atoms with Crippen LogP contribution in [-0.4, -0.2) is 14.2 Å². The van der Waals surface area contributed by atoms with E-state index in [1.165, 1.54) is 22.3 Å². The van der Waals surface area contributed by atoms with Crippen molar-refractivity contribution in [3.63, 3.8) is 0 Å². The molecular weight excluding hydrogens is 246 g/mol. The van der Waals surface area contributed by atoms with Gasteiger partial charge in [-0.1, -0.05) is 26.0 Å². The molecule has 2 rings (SSSR count). The number of rotatable bonds is 4. The molecule has 2 heteroatoms. The lowest BCUT2D eigenvalue weighted by molar-refractivity contribution is 0.407. The van der Waals surface area contributed by atoms with E-state index in [1.807, 2.05) is 7.05 Å². The molecule has 0 atom stereocenters. The molecule has 20 heavy (non-hydrogen) atoms. The maximum atomic E-state index is 5.50. The first-order valence-electron chi connectivity index (χ1n) is 7.03. The van der Waals surface area contributed by atoms with Crippen molar-refractivity contribution in [3.8, 4) is 16.9 Å². The third-order valence-electron chi connectivity index (χ3n) is 3.68. The van der Waals surface area contributed by atoms with E-state index in [-0.39, 0.29) is 0 Å². The van der Waals surface area contributed by atoms with Crippen LogP contribution in [-0.2, 0) is 0 Å². The summed E-state index contributed by atoms with van der Waals surface area (Å²) in [5, 5.41) is 3.15. The molecule has 0 spiro atoms. The smallest absolute Gasteiger partial charge is 0.122 e. The van der Waals surface area contributed by atoms with Gasteiger partial charge in [0.05, 0.1) is 7.11 Å². The van der Waals surface area contributed by atoms with Gasteiger partial charge in [-0.2, -0.15) is 0 Å². The Labute approximate surface area is 121 Å². The summed E-state index contributed by atoms with van der Waals surface area (Å²) in [6.07, 6.45) is 0. The lowest BCUT2D eigenvalue weighted by atomic mass is 9.93. The predicted octanol–water partition coefficient (Wildman–Crippen LogP) is 4.84. The molecule has 0 aliphatic heterocycles. The predicted molar refractivity (Wildman–Crippen MR) is 86.8 cm³/mol. The third kappa shape index (κ3) is 2.79. The van der Waals surface area contributed by atoms with E-state index in [2.05, 4.69) is 62.5 Å². The first-order valence-corrected chi connectivity index (χ1v) is 7.03. The molecular formula is C18H23NO. The molecule has 2 aromatic rings. The van der Waals surface area contributed by atoms with E-state index in [4.69, 9.17) is 4.74 Å². The zero-order chi connectivity index (χ0) is 14.7. The minimum atomic E-state index is 0.445. The van der Waals surface area contributed by atoms with E-state index >= 15 is 0 Å². The van der Waals surface area contributed by atoms with Gasteiger partial charge in [0.25, 0.3) is 0 Å². The van der Waals surface area contributed by atoms with E-state index in [0.717, 1.165) is 11.4 Å². The van der Waals surface area contributed by atoms with Crippen LogP contribution < -0.4 is 10.1 Å². The van der Waals surface area contributed by atoms with Crippen LogP contribution in [0.15, 0.2) is 36.4 Å². The normalized spacial score (nSPS) is 10.7. The SMILES string of the molecule is CNc1ccc(-c2cc(C(C)C)c(OC)cc2C)cc1. The van der Waals surface area contributed by atoms with Gasteiger partial charge in [-0.3, -0.25) is 0 Å². The van der Waals surface area contributed by atoms with Gasteiger partial charge in [-0.25, -0.2) is 0 Å². The van der Waals surface area contributed by atoms with Crippen molar-refractivity contribution in [1.29, 1.82) is 0 Å². The maximum absolute atomic E-state index is 5.50. The molecule has 0 aromatic heterocycles. The van der Waals surface area contributed by atoms with Crippen molar-refractivity contribution in [3.05, 3.63) is 47.5 Å². The average molecular weight is 269 g/mol. The zero-order valence-corrected chi connectivity index (χ0v) is 12.9. The van der Waals surface area contributed by atoms with E-state index < -0.39 is 0 Å². The van der Waals surface area contributed by atoms with Gasteiger partial charge < -0.3 is 10.1 Å². The second-order valence-corrected chi connectivity index (χ2v) is 5.39. The molecule has 0 heterocycles. The van der Waals surface area contributed by atoms with Gasteiger partial charge in [0.1, 0.15) is 5.75 Å². The highest BCUT2D eigenvalue weighted by Crippen LogP contribution is 2.34. The summed E-state index contributed by atoms with van der Waals surface area (Å²) in [5.41, 5.74) is 6.14. The number of aryl methyl sites for hydroxylation is 1. The Morgan fingerprint density at radius 1 is 1.05 bits per heavy atom. The molecule has 106 valence electrons. The van der Waals surface area contributed by atoms with Gasteiger partial charge in [0.15, 0.2) is 0 Å². The Hall–Kier alpha value is -1.96. The Bertz CT molecular complexity index is 585. The lowest BCUT2D eigenvalue weighted by Crippen LogP contribution is -1.97. The molecule has 0 fully saturated rings. The molecule has 2 aromatic carbocycles. The molecule has 0 unspecified atom stereocenters. The summed E-state index contributed by atoms with van der Waals surface area (Å²) < 4.78 is 5.50. The second-order valence-electron chi connectivity index (χ2n) is 5.39. The quantitative estimate of drug-likeness (QED) is 0.858. The highest BCUT2D eigenvalue weighted by Gasteiger charge is 2.12. The summed E-state index contributed by atoms with van der Waals surface area (Å²) >= 11 is 0. The van der Waals surface area contributed by atoms with Crippen LogP contribution in [0.5, 0.6) is 5.75 Å². The number of hydrogen-bond donors (Lipinski definition) is 1. The van der Waals surface area contributed by atoms with Crippen molar-refractivity contribution >= 4 is 5.69 Å². The fourth-order valence-corrected chi connectivity index (χ4v) is 2.45. The van der Waals surface area contributed by atoms with Crippen molar-refractivity contribution in [1.82, 2.24) is 0 Å². The fraction of sp³-hybridized carbons (Fsp3) is 0.333. The summed E-state index contributed by atoms with van der Waals surface area (Å²) in [5.74, 6) is 1.42. The molecule has 0 aliphatic carbocycles. The monoisotopic (exact) mass is 269 g/mol. The number of hydrogen-bond acceptors (Lipinski definition) is 2. The summed E-state index contributed by atoms with van der Waals surface area (Å²) in [6.45, 7) is 6.52. The molecule has 0 amide bonds.